The van der Waals surface area contributed by atoms with E-state index in [4.69, 9.17) is 4.74 Å². The number of amides is 2. The Morgan fingerprint density at radius 2 is 1.87 bits per heavy atom. The largest absolute Gasteiger partial charge is 0.458 e. The number of nitro benzene ring substituents is 1. The van der Waals surface area contributed by atoms with Crippen LogP contribution in [0, 0.1) is 10.1 Å². The normalized spacial score (nSPS) is 12.7. The summed E-state index contributed by atoms with van der Waals surface area (Å²) in [6, 6.07) is 13.3. The minimum Gasteiger partial charge on any atom is -0.458 e. The molecule has 0 aliphatic carbocycles. The highest BCUT2D eigenvalue weighted by molar-refractivity contribution is 7.13. The second-order valence-electron chi connectivity index (χ2n) is 6.32. The molecule has 1 aromatic heterocycles. The third-order valence-corrected chi connectivity index (χ3v) is 5.35. The Labute approximate surface area is 173 Å². The van der Waals surface area contributed by atoms with Gasteiger partial charge in [-0.05, 0) is 6.07 Å². The van der Waals surface area contributed by atoms with Crippen LogP contribution >= 0.6 is 11.3 Å². The molecule has 0 bridgehead atoms. The van der Waals surface area contributed by atoms with Crippen molar-refractivity contribution < 1.29 is 24.0 Å². The van der Waals surface area contributed by atoms with E-state index in [0.29, 0.717) is 10.6 Å². The van der Waals surface area contributed by atoms with Gasteiger partial charge in [-0.25, -0.2) is 4.98 Å². The molecule has 30 heavy (non-hydrogen) atoms. The van der Waals surface area contributed by atoms with E-state index in [1.165, 1.54) is 23.5 Å². The van der Waals surface area contributed by atoms with Crippen molar-refractivity contribution in [1.29, 1.82) is 0 Å². The van der Waals surface area contributed by atoms with E-state index >= 15 is 0 Å². The topological polar surface area (TPSA) is 120 Å². The molecule has 10 heteroatoms. The number of thiazole rings is 1. The molecule has 3 aromatic rings. The van der Waals surface area contributed by atoms with Gasteiger partial charge in [0, 0.05) is 17.0 Å². The van der Waals surface area contributed by atoms with Crippen LogP contribution in [0.5, 0.6) is 0 Å². The summed E-state index contributed by atoms with van der Waals surface area (Å²) < 4.78 is 5.14. The fourth-order valence-corrected chi connectivity index (χ4v) is 3.84. The zero-order chi connectivity index (χ0) is 21.3. The van der Waals surface area contributed by atoms with Crippen LogP contribution in [0.4, 0.5) is 5.69 Å². The molecule has 0 saturated carbocycles. The predicted octanol–water partition coefficient (Wildman–Crippen LogP) is 3.06. The van der Waals surface area contributed by atoms with Crippen molar-refractivity contribution in [2.75, 3.05) is 6.54 Å². The number of hydrogen-bond donors (Lipinski definition) is 0. The highest BCUT2D eigenvalue weighted by atomic mass is 32.1. The first-order chi connectivity index (χ1) is 14.5. The Hall–Kier alpha value is -3.92. The van der Waals surface area contributed by atoms with E-state index in [9.17, 15) is 24.5 Å². The fourth-order valence-electron chi connectivity index (χ4n) is 3.03. The zero-order valence-electron chi connectivity index (χ0n) is 15.3. The zero-order valence-corrected chi connectivity index (χ0v) is 16.1. The van der Waals surface area contributed by atoms with Crippen molar-refractivity contribution in [1.82, 2.24) is 9.88 Å². The van der Waals surface area contributed by atoms with Gasteiger partial charge >= 0.3 is 5.97 Å². The first-order valence-corrected chi connectivity index (χ1v) is 9.62. The number of nitro groups is 1. The number of fused-ring (bicyclic) bond motifs is 1. The van der Waals surface area contributed by atoms with Crippen molar-refractivity contribution in [3.8, 4) is 10.6 Å². The lowest BCUT2D eigenvalue weighted by atomic mass is 10.1. The Kier molecular flexibility index (Phi) is 5.07. The van der Waals surface area contributed by atoms with Gasteiger partial charge in [-0.2, -0.15) is 0 Å². The first-order valence-electron chi connectivity index (χ1n) is 8.74. The molecular weight excluding hydrogens is 410 g/mol. The lowest BCUT2D eigenvalue weighted by Crippen LogP contribution is -2.35. The van der Waals surface area contributed by atoms with E-state index in [1.807, 2.05) is 30.3 Å². The van der Waals surface area contributed by atoms with Crippen LogP contribution in [0.15, 0.2) is 53.9 Å². The van der Waals surface area contributed by atoms with Gasteiger partial charge in [-0.1, -0.05) is 36.4 Å². The summed E-state index contributed by atoms with van der Waals surface area (Å²) in [5.74, 6) is -2.48. The van der Waals surface area contributed by atoms with Gasteiger partial charge in [-0.3, -0.25) is 29.4 Å². The molecule has 1 aliphatic heterocycles. The molecule has 0 saturated heterocycles. The third kappa shape index (κ3) is 3.55. The molecule has 150 valence electrons. The van der Waals surface area contributed by atoms with Gasteiger partial charge in [-0.15, -0.1) is 11.3 Å². The van der Waals surface area contributed by atoms with Gasteiger partial charge in [0.25, 0.3) is 17.5 Å². The van der Waals surface area contributed by atoms with E-state index in [0.717, 1.165) is 16.6 Å². The molecular formula is C20H13N3O6S. The van der Waals surface area contributed by atoms with Crippen LogP contribution in [-0.4, -0.2) is 39.1 Å². The Bertz CT molecular complexity index is 1170. The highest BCUT2D eigenvalue weighted by Crippen LogP contribution is 2.30. The number of rotatable bonds is 6. The molecule has 0 N–H and O–H groups in total. The minimum atomic E-state index is -0.890. The standard InChI is InChI=1S/C20H13N3O6S/c24-16(29-10-13-11-30-18(21-13)12-5-2-1-3-6-12)9-22-19(25)14-7-4-8-15(23(27)28)17(14)20(22)26/h1-8,11H,9-10H2. The highest BCUT2D eigenvalue weighted by Gasteiger charge is 2.41. The second-order valence-corrected chi connectivity index (χ2v) is 7.18. The molecule has 4 rings (SSSR count). The van der Waals surface area contributed by atoms with E-state index in [1.54, 1.807) is 5.38 Å². The van der Waals surface area contributed by atoms with Crippen LogP contribution in [0.3, 0.4) is 0 Å². The van der Waals surface area contributed by atoms with Gasteiger partial charge in [0.1, 0.15) is 23.7 Å². The molecule has 2 amide bonds. The number of carbonyl (C=O) groups is 3. The Balaban J connectivity index is 1.41. The third-order valence-electron chi connectivity index (χ3n) is 4.41. The Morgan fingerprint density at radius 1 is 1.10 bits per heavy atom. The maximum atomic E-state index is 12.5. The van der Waals surface area contributed by atoms with Crippen LogP contribution < -0.4 is 0 Å². The van der Waals surface area contributed by atoms with Crippen LogP contribution in [0.25, 0.3) is 10.6 Å². The van der Waals surface area contributed by atoms with Gasteiger partial charge < -0.3 is 4.74 Å². The van der Waals surface area contributed by atoms with Crippen molar-refractivity contribution in [2.24, 2.45) is 0 Å². The number of aromatic nitrogens is 1. The number of esters is 1. The van der Waals surface area contributed by atoms with Crippen molar-refractivity contribution in [3.63, 3.8) is 0 Å². The summed E-state index contributed by atoms with van der Waals surface area (Å²) in [6.07, 6.45) is 0. The average Bonchev–Trinajstić information content (AvgIpc) is 3.32. The molecule has 0 spiro atoms. The average molecular weight is 423 g/mol. The summed E-state index contributed by atoms with van der Waals surface area (Å²) >= 11 is 1.40. The van der Waals surface area contributed by atoms with Crippen LogP contribution in [0.1, 0.15) is 26.4 Å². The molecule has 2 heterocycles. The number of ether oxygens (including phenoxy) is 1. The number of imide groups is 1. The SMILES string of the molecule is O=C(CN1C(=O)c2cccc([N+](=O)[O-])c2C1=O)OCc1csc(-c2ccccc2)n1. The summed E-state index contributed by atoms with van der Waals surface area (Å²) in [4.78, 5) is 52.5. The molecule has 0 atom stereocenters. The first kappa shape index (κ1) is 19.4. The van der Waals surface area contributed by atoms with Crippen LogP contribution in [-0.2, 0) is 16.1 Å². The maximum Gasteiger partial charge on any atom is 0.326 e. The van der Waals surface area contributed by atoms with Crippen molar-refractivity contribution in [2.45, 2.75) is 6.61 Å². The smallest absolute Gasteiger partial charge is 0.326 e. The number of hydrogen-bond acceptors (Lipinski definition) is 8. The summed E-state index contributed by atoms with van der Waals surface area (Å²) in [5, 5.41) is 13.7. The lowest BCUT2D eigenvalue weighted by Gasteiger charge is -2.12. The minimum absolute atomic E-state index is 0.103. The fraction of sp³-hybridized carbons (Fsp3) is 0.100. The molecule has 1 aliphatic rings. The van der Waals surface area contributed by atoms with Gasteiger partial charge in [0.15, 0.2) is 0 Å². The van der Waals surface area contributed by atoms with E-state index in [-0.39, 0.29) is 17.7 Å². The monoisotopic (exact) mass is 423 g/mol. The number of benzene rings is 2. The maximum absolute atomic E-state index is 12.5. The molecule has 2 aromatic carbocycles. The van der Waals surface area contributed by atoms with Crippen molar-refractivity contribution >= 4 is 34.8 Å². The quantitative estimate of drug-likeness (QED) is 0.259. The summed E-state index contributed by atoms with van der Waals surface area (Å²) in [7, 11) is 0. The molecule has 0 radical (unpaired) electrons. The van der Waals surface area contributed by atoms with E-state index < -0.39 is 34.9 Å². The predicted molar refractivity (Wildman–Crippen MR) is 106 cm³/mol. The summed E-state index contributed by atoms with van der Waals surface area (Å²) in [6.45, 7) is -0.759. The number of carbonyl (C=O) groups excluding carboxylic acids is 3. The van der Waals surface area contributed by atoms with Crippen LogP contribution in [0.2, 0.25) is 0 Å². The molecule has 9 nitrogen and oxygen atoms in total. The number of nitrogens with zero attached hydrogens (tertiary/aromatic N) is 3. The van der Waals surface area contributed by atoms with Crippen molar-refractivity contribution in [3.05, 3.63) is 80.8 Å². The summed E-state index contributed by atoms with van der Waals surface area (Å²) in [5.41, 5.74) is 0.580. The van der Waals surface area contributed by atoms with Gasteiger partial charge in [0.05, 0.1) is 16.2 Å². The van der Waals surface area contributed by atoms with E-state index in [2.05, 4.69) is 4.98 Å². The lowest BCUT2D eigenvalue weighted by molar-refractivity contribution is -0.385. The van der Waals surface area contributed by atoms with Gasteiger partial charge in [0.2, 0.25) is 0 Å². The molecule has 0 fully saturated rings. The molecule has 0 unspecified atom stereocenters. The second kappa shape index (κ2) is 7.84. The Morgan fingerprint density at radius 3 is 2.60 bits per heavy atom.